The van der Waals surface area contributed by atoms with Crippen molar-refractivity contribution in [2.24, 2.45) is 0 Å². The van der Waals surface area contributed by atoms with Gasteiger partial charge in [-0.2, -0.15) is 0 Å². The topological polar surface area (TPSA) is 33.3 Å². The van der Waals surface area contributed by atoms with Gasteiger partial charge in [-0.05, 0) is 12.8 Å². The van der Waals surface area contributed by atoms with E-state index in [2.05, 4.69) is 11.0 Å². The molecule has 1 heterocycles. The van der Waals surface area contributed by atoms with Crippen LogP contribution >= 0.6 is 0 Å². The highest BCUT2D eigenvalue weighted by molar-refractivity contribution is 4.46. The van der Waals surface area contributed by atoms with Crippen LogP contribution < -0.4 is 11.0 Å². The molecule has 0 aromatic rings. The lowest BCUT2D eigenvalue weighted by Gasteiger charge is -2.09. The van der Waals surface area contributed by atoms with Crippen molar-refractivity contribution < 1.29 is 4.84 Å². The van der Waals surface area contributed by atoms with Gasteiger partial charge in [-0.25, -0.2) is 5.43 Å². The van der Waals surface area contributed by atoms with E-state index >= 15 is 0 Å². The molecule has 0 spiro atoms. The summed E-state index contributed by atoms with van der Waals surface area (Å²) in [6, 6.07) is 0. The molecule has 0 aliphatic carbocycles. The van der Waals surface area contributed by atoms with E-state index in [1.54, 1.807) is 0 Å². The number of hydrazine groups is 1. The van der Waals surface area contributed by atoms with E-state index in [9.17, 15) is 0 Å². The first-order chi connectivity index (χ1) is 5.00. The van der Waals surface area contributed by atoms with Crippen LogP contribution in [0.4, 0.5) is 0 Å². The van der Waals surface area contributed by atoms with Crippen molar-refractivity contribution in [1.29, 1.82) is 0 Å². The van der Waals surface area contributed by atoms with Gasteiger partial charge in [0.15, 0.2) is 0 Å². The van der Waals surface area contributed by atoms with Crippen LogP contribution in [0.1, 0.15) is 32.1 Å². The zero-order valence-electron chi connectivity index (χ0n) is 6.36. The van der Waals surface area contributed by atoms with Gasteiger partial charge >= 0.3 is 0 Å². The van der Waals surface area contributed by atoms with E-state index in [1.807, 2.05) is 0 Å². The summed E-state index contributed by atoms with van der Waals surface area (Å²) in [5.41, 5.74) is 5.69. The molecule has 1 rings (SSSR count). The zero-order valence-corrected chi connectivity index (χ0v) is 6.36. The highest BCUT2D eigenvalue weighted by Gasteiger charge is 1.94. The van der Waals surface area contributed by atoms with Gasteiger partial charge in [-0.1, -0.05) is 19.3 Å². The largest absolute Gasteiger partial charge is 0.287 e. The van der Waals surface area contributed by atoms with Gasteiger partial charge in [-0.15, -0.1) is 5.59 Å². The molecule has 0 atom stereocenters. The molecule has 1 aliphatic heterocycles. The average molecular weight is 144 g/mol. The fraction of sp³-hybridized carbons (Fsp3) is 1.00. The predicted octanol–water partition coefficient (Wildman–Crippen LogP) is 0.976. The Kier molecular flexibility index (Phi) is 4.51. The third-order valence-electron chi connectivity index (χ3n) is 1.69. The Balaban J connectivity index is 2.00. The minimum absolute atomic E-state index is 0.826. The van der Waals surface area contributed by atoms with Crippen molar-refractivity contribution >= 4 is 0 Å². The van der Waals surface area contributed by atoms with Gasteiger partial charge in [0.25, 0.3) is 0 Å². The summed E-state index contributed by atoms with van der Waals surface area (Å²) < 4.78 is 0. The van der Waals surface area contributed by atoms with Crippen LogP contribution in [0.5, 0.6) is 0 Å². The molecule has 0 radical (unpaired) electrons. The third kappa shape index (κ3) is 3.82. The molecule has 0 saturated carbocycles. The smallest absolute Gasteiger partial charge is 0.0698 e. The van der Waals surface area contributed by atoms with Gasteiger partial charge in [0, 0.05) is 6.54 Å². The number of rotatable bonds is 0. The van der Waals surface area contributed by atoms with Crippen molar-refractivity contribution in [1.82, 2.24) is 11.0 Å². The van der Waals surface area contributed by atoms with Crippen LogP contribution in [0.3, 0.4) is 0 Å². The highest BCUT2D eigenvalue weighted by Crippen LogP contribution is 2.02. The second kappa shape index (κ2) is 5.65. The Bertz CT molecular complexity index is 44.8. The number of hydrogen-bond donors (Lipinski definition) is 2. The summed E-state index contributed by atoms with van der Waals surface area (Å²) in [7, 11) is 0. The summed E-state index contributed by atoms with van der Waals surface area (Å²) in [6.07, 6.45) is 6.42. The molecule has 0 bridgehead atoms. The molecule has 1 saturated heterocycles. The fourth-order valence-corrected chi connectivity index (χ4v) is 1.07. The SMILES string of the molecule is C1CCCNNOCCC1. The number of nitrogens with one attached hydrogen (secondary N) is 2. The summed E-state index contributed by atoms with van der Waals surface area (Å²) in [6.45, 7) is 1.84. The lowest BCUT2D eigenvalue weighted by Crippen LogP contribution is -2.33. The molecule has 60 valence electrons. The summed E-state index contributed by atoms with van der Waals surface area (Å²) in [5, 5.41) is 0. The van der Waals surface area contributed by atoms with E-state index in [1.165, 1.54) is 32.1 Å². The third-order valence-corrected chi connectivity index (χ3v) is 1.69. The molecule has 0 aromatic heterocycles. The van der Waals surface area contributed by atoms with E-state index in [0.717, 1.165) is 13.2 Å². The quantitative estimate of drug-likeness (QED) is 0.531. The van der Waals surface area contributed by atoms with Crippen LogP contribution in [-0.4, -0.2) is 13.2 Å². The second-order valence-electron chi connectivity index (χ2n) is 2.65. The first-order valence-electron chi connectivity index (χ1n) is 4.10. The molecular weight excluding hydrogens is 128 g/mol. The second-order valence-corrected chi connectivity index (χ2v) is 2.65. The van der Waals surface area contributed by atoms with E-state index < -0.39 is 0 Å². The predicted molar refractivity (Wildman–Crippen MR) is 40.2 cm³/mol. The standard InChI is InChI=1S/C7H16N2O/c1-2-4-6-8-9-10-7-5-3-1/h8-9H,1-7H2. The van der Waals surface area contributed by atoms with E-state index in [-0.39, 0.29) is 0 Å². The Labute approximate surface area is 62.1 Å². The first-order valence-corrected chi connectivity index (χ1v) is 4.10. The normalized spacial score (nSPS) is 24.0. The Morgan fingerprint density at radius 1 is 0.900 bits per heavy atom. The van der Waals surface area contributed by atoms with E-state index in [0.29, 0.717) is 0 Å². The lowest BCUT2D eigenvalue weighted by molar-refractivity contribution is 0.00667. The zero-order chi connectivity index (χ0) is 7.07. The molecule has 2 N–H and O–H groups in total. The summed E-state index contributed by atoms with van der Waals surface area (Å²) in [5.74, 6) is 0. The maximum atomic E-state index is 5.05. The maximum Gasteiger partial charge on any atom is 0.0698 e. The molecule has 1 fully saturated rings. The van der Waals surface area contributed by atoms with Gasteiger partial charge in [0.1, 0.15) is 0 Å². The average Bonchev–Trinajstić information content (AvgIpc) is 2.01. The molecule has 0 unspecified atom stereocenters. The molecule has 1 aliphatic rings. The van der Waals surface area contributed by atoms with Crippen LogP contribution in [-0.2, 0) is 4.84 Å². The molecule has 3 nitrogen and oxygen atoms in total. The van der Waals surface area contributed by atoms with Crippen LogP contribution in [0, 0.1) is 0 Å². The molecule has 3 heteroatoms. The van der Waals surface area contributed by atoms with Crippen molar-refractivity contribution in [2.45, 2.75) is 32.1 Å². The molecule has 0 aromatic carbocycles. The van der Waals surface area contributed by atoms with Crippen molar-refractivity contribution in [2.75, 3.05) is 13.2 Å². The van der Waals surface area contributed by atoms with Gasteiger partial charge in [0.2, 0.25) is 0 Å². The summed E-state index contributed by atoms with van der Waals surface area (Å²) in [4.78, 5) is 5.05. The van der Waals surface area contributed by atoms with Crippen LogP contribution in [0.15, 0.2) is 0 Å². The first kappa shape index (κ1) is 7.98. The molecule has 0 amide bonds. The fourth-order valence-electron chi connectivity index (χ4n) is 1.07. The minimum Gasteiger partial charge on any atom is -0.287 e. The van der Waals surface area contributed by atoms with Crippen LogP contribution in [0.2, 0.25) is 0 Å². The summed E-state index contributed by atoms with van der Waals surface area (Å²) >= 11 is 0. The highest BCUT2D eigenvalue weighted by atomic mass is 16.7. The van der Waals surface area contributed by atoms with Crippen molar-refractivity contribution in [3.05, 3.63) is 0 Å². The van der Waals surface area contributed by atoms with Gasteiger partial charge in [0.05, 0.1) is 6.61 Å². The minimum atomic E-state index is 0.826. The van der Waals surface area contributed by atoms with E-state index in [4.69, 9.17) is 4.84 Å². The Morgan fingerprint density at radius 3 is 2.70 bits per heavy atom. The van der Waals surface area contributed by atoms with Crippen molar-refractivity contribution in [3.8, 4) is 0 Å². The Hall–Kier alpha value is -0.120. The van der Waals surface area contributed by atoms with Crippen LogP contribution in [0.25, 0.3) is 0 Å². The lowest BCUT2D eigenvalue weighted by atomic mass is 10.1. The maximum absolute atomic E-state index is 5.05. The monoisotopic (exact) mass is 144 g/mol. The van der Waals surface area contributed by atoms with Gasteiger partial charge < -0.3 is 0 Å². The Morgan fingerprint density at radius 2 is 1.70 bits per heavy atom. The molecular formula is C7H16N2O. The number of hydrogen-bond acceptors (Lipinski definition) is 3. The molecule has 10 heavy (non-hydrogen) atoms. The van der Waals surface area contributed by atoms with Gasteiger partial charge in [-0.3, -0.25) is 4.84 Å². The van der Waals surface area contributed by atoms with Crippen molar-refractivity contribution in [3.63, 3.8) is 0 Å².